The highest BCUT2D eigenvalue weighted by molar-refractivity contribution is 7.18. The second-order valence-corrected chi connectivity index (χ2v) is 5.61. The molecule has 0 radical (unpaired) electrons. The third-order valence-electron chi connectivity index (χ3n) is 2.91. The van der Waals surface area contributed by atoms with Crippen LogP contribution in [-0.4, -0.2) is 50.2 Å². The van der Waals surface area contributed by atoms with Gasteiger partial charge in [-0.1, -0.05) is 0 Å². The largest absolute Gasteiger partial charge is 0.508 e. The van der Waals surface area contributed by atoms with Gasteiger partial charge >= 0.3 is 17.9 Å². The standard InChI is InChI=1S/C14H15ClN2O7S/c1-6-8(12(19)22-2)11(25-10(6)14(21)24-4)17-16-9(7(18)5-15)13(20)23-3/h18H,5H2,1-4H3/b9-7-,17-16?. The van der Waals surface area contributed by atoms with Crippen LogP contribution in [0.3, 0.4) is 0 Å². The van der Waals surface area contributed by atoms with Gasteiger partial charge in [0.1, 0.15) is 16.2 Å². The van der Waals surface area contributed by atoms with Crippen LogP contribution in [0.1, 0.15) is 25.6 Å². The molecule has 1 aromatic heterocycles. The molecule has 0 fully saturated rings. The number of aliphatic hydroxyl groups excluding tert-OH is 1. The van der Waals surface area contributed by atoms with Gasteiger partial charge in [-0.2, -0.15) is 0 Å². The average Bonchev–Trinajstić information content (AvgIpc) is 2.96. The van der Waals surface area contributed by atoms with Crippen molar-refractivity contribution in [3.8, 4) is 0 Å². The summed E-state index contributed by atoms with van der Waals surface area (Å²) in [6, 6.07) is 0. The van der Waals surface area contributed by atoms with E-state index in [-0.39, 0.29) is 15.4 Å². The maximum atomic E-state index is 12.0. The number of rotatable bonds is 6. The number of halogens is 1. The lowest BCUT2D eigenvalue weighted by molar-refractivity contribution is -0.136. The van der Waals surface area contributed by atoms with E-state index in [1.165, 1.54) is 14.0 Å². The molecule has 25 heavy (non-hydrogen) atoms. The van der Waals surface area contributed by atoms with Crippen LogP contribution >= 0.6 is 22.9 Å². The summed E-state index contributed by atoms with van der Waals surface area (Å²) in [5.41, 5.74) is -0.243. The summed E-state index contributed by atoms with van der Waals surface area (Å²) in [5.74, 6) is -3.34. The molecule has 0 aliphatic rings. The average molecular weight is 391 g/mol. The number of esters is 3. The molecular weight excluding hydrogens is 376 g/mol. The van der Waals surface area contributed by atoms with Crippen LogP contribution in [0, 0.1) is 6.92 Å². The highest BCUT2D eigenvalue weighted by Gasteiger charge is 2.26. The van der Waals surface area contributed by atoms with Crippen LogP contribution in [0.4, 0.5) is 5.00 Å². The molecule has 0 saturated heterocycles. The summed E-state index contributed by atoms with van der Waals surface area (Å²) in [6.45, 7) is 1.52. The van der Waals surface area contributed by atoms with Gasteiger partial charge in [0.2, 0.25) is 5.70 Å². The molecule has 11 heteroatoms. The molecule has 1 rings (SSSR count). The lowest BCUT2D eigenvalue weighted by atomic mass is 10.1. The third kappa shape index (κ3) is 4.54. The van der Waals surface area contributed by atoms with Crippen LogP contribution in [0.15, 0.2) is 21.7 Å². The number of methoxy groups -OCH3 is 3. The van der Waals surface area contributed by atoms with E-state index in [4.69, 9.17) is 11.6 Å². The van der Waals surface area contributed by atoms with Gasteiger partial charge < -0.3 is 19.3 Å². The molecule has 0 atom stereocenters. The Kier molecular flexibility index (Phi) is 7.52. The summed E-state index contributed by atoms with van der Waals surface area (Å²) in [6.07, 6.45) is 0. The first-order valence-electron chi connectivity index (χ1n) is 6.60. The van der Waals surface area contributed by atoms with Crippen LogP contribution in [0.2, 0.25) is 0 Å². The van der Waals surface area contributed by atoms with E-state index in [0.29, 0.717) is 5.56 Å². The molecule has 0 aromatic carbocycles. The first-order chi connectivity index (χ1) is 11.8. The topological polar surface area (TPSA) is 124 Å². The fourth-order valence-corrected chi connectivity index (χ4v) is 2.83. The first-order valence-corrected chi connectivity index (χ1v) is 7.95. The smallest absolute Gasteiger partial charge is 0.362 e. The normalized spacial score (nSPS) is 11.9. The number of thiophene rings is 1. The molecule has 0 unspecified atom stereocenters. The van der Waals surface area contributed by atoms with E-state index < -0.39 is 35.2 Å². The monoisotopic (exact) mass is 390 g/mol. The summed E-state index contributed by atoms with van der Waals surface area (Å²) in [5, 5.41) is 17.0. The lowest BCUT2D eigenvalue weighted by Gasteiger charge is -2.02. The number of alkyl halides is 1. The van der Waals surface area contributed by atoms with Gasteiger partial charge in [0.25, 0.3) is 0 Å². The van der Waals surface area contributed by atoms with Gasteiger partial charge in [-0.25, -0.2) is 14.4 Å². The quantitative estimate of drug-likeness (QED) is 0.198. The number of ether oxygens (including phenoxy) is 3. The van der Waals surface area contributed by atoms with Crippen molar-refractivity contribution in [1.29, 1.82) is 0 Å². The highest BCUT2D eigenvalue weighted by Crippen LogP contribution is 2.37. The number of allylic oxidation sites excluding steroid dienone is 1. The number of nitrogens with zero attached hydrogens (tertiary/aromatic N) is 2. The predicted molar refractivity (Wildman–Crippen MR) is 88.6 cm³/mol. The third-order valence-corrected chi connectivity index (χ3v) is 4.32. The second-order valence-electron chi connectivity index (χ2n) is 4.34. The van der Waals surface area contributed by atoms with E-state index in [0.717, 1.165) is 25.6 Å². The van der Waals surface area contributed by atoms with E-state index in [1.54, 1.807) is 0 Å². The first kappa shape index (κ1) is 20.6. The van der Waals surface area contributed by atoms with Gasteiger partial charge in [-0.15, -0.1) is 33.2 Å². The summed E-state index contributed by atoms with van der Waals surface area (Å²) >= 11 is 6.29. The van der Waals surface area contributed by atoms with E-state index in [2.05, 4.69) is 24.4 Å². The van der Waals surface area contributed by atoms with Crippen LogP contribution in [-0.2, 0) is 19.0 Å². The Bertz CT molecular complexity index is 755. The molecule has 0 aliphatic carbocycles. The zero-order valence-corrected chi connectivity index (χ0v) is 15.4. The molecule has 136 valence electrons. The Morgan fingerprint density at radius 2 is 1.72 bits per heavy atom. The molecular formula is C14H15ClN2O7S. The number of carbonyl (C=O) groups excluding carboxylic acids is 3. The maximum absolute atomic E-state index is 12.0. The van der Waals surface area contributed by atoms with Crippen LogP contribution in [0.25, 0.3) is 0 Å². The van der Waals surface area contributed by atoms with E-state index in [9.17, 15) is 19.5 Å². The van der Waals surface area contributed by atoms with Gasteiger partial charge in [-0.3, -0.25) is 0 Å². The zero-order valence-electron chi connectivity index (χ0n) is 13.8. The Labute approximate surface area is 151 Å². The Morgan fingerprint density at radius 3 is 2.20 bits per heavy atom. The Morgan fingerprint density at radius 1 is 1.12 bits per heavy atom. The van der Waals surface area contributed by atoms with Crippen LogP contribution in [0.5, 0.6) is 0 Å². The second kappa shape index (κ2) is 9.14. The Balaban J connectivity index is 3.48. The molecule has 0 saturated carbocycles. The van der Waals surface area contributed by atoms with Crippen molar-refractivity contribution in [3.05, 3.63) is 27.5 Å². The molecule has 0 bridgehead atoms. The summed E-state index contributed by atoms with van der Waals surface area (Å²) < 4.78 is 13.8. The SMILES string of the molecule is COC(=O)/C(N=Nc1sc(C(=O)OC)c(C)c1C(=O)OC)=C(/O)CCl. The van der Waals surface area contributed by atoms with Crippen LogP contribution < -0.4 is 0 Å². The molecule has 1 aromatic rings. The number of hydrogen-bond acceptors (Lipinski definition) is 10. The molecule has 0 amide bonds. The van der Waals surface area contributed by atoms with Crippen molar-refractivity contribution in [2.45, 2.75) is 6.92 Å². The summed E-state index contributed by atoms with van der Waals surface area (Å²) in [4.78, 5) is 35.5. The summed E-state index contributed by atoms with van der Waals surface area (Å²) in [7, 11) is 3.44. The minimum Gasteiger partial charge on any atom is -0.508 e. The van der Waals surface area contributed by atoms with Crippen molar-refractivity contribution >= 4 is 45.8 Å². The van der Waals surface area contributed by atoms with Crippen molar-refractivity contribution in [2.75, 3.05) is 27.2 Å². The molecule has 1 heterocycles. The van der Waals surface area contributed by atoms with Crippen molar-refractivity contribution in [2.24, 2.45) is 10.2 Å². The Hall–Kier alpha value is -2.46. The molecule has 9 nitrogen and oxygen atoms in total. The lowest BCUT2D eigenvalue weighted by Crippen LogP contribution is -2.07. The number of hydrogen-bond donors (Lipinski definition) is 1. The number of azo groups is 1. The highest BCUT2D eigenvalue weighted by atomic mass is 35.5. The molecule has 0 spiro atoms. The van der Waals surface area contributed by atoms with Crippen molar-refractivity contribution < 1.29 is 33.7 Å². The van der Waals surface area contributed by atoms with Gasteiger partial charge in [0.05, 0.1) is 27.2 Å². The van der Waals surface area contributed by atoms with Crippen molar-refractivity contribution in [3.63, 3.8) is 0 Å². The predicted octanol–water partition coefficient (Wildman–Crippen LogP) is 2.89. The minimum atomic E-state index is -0.969. The van der Waals surface area contributed by atoms with E-state index in [1.807, 2.05) is 0 Å². The number of carbonyl (C=O) groups is 3. The number of aliphatic hydroxyl groups is 1. The van der Waals surface area contributed by atoms with Gasteiger partial charge in [-0.05, 0) is 12.5 Å². The zero-order chi connectivity index (χ0) is 19.1. The minimum absolute atomic E-state index is 0.00599. The van der Waals surface area contributed by atoms with E-state index >= 15 is 0 Å². The van der Waals surface area contributed by atoms with Crippen molar-refractivity contribution in [1.82, 2.24) is 0 Å². The van der Waals surface area contributed by atoms with Gasteiger partial charge in [0.15, 0.2) is 5.00 Å². The maximum Gasteiger partial charge on any atom is 0.362 e. The fraction of sp³-hybridized carbons (Fsp3) is 0.357. The molecule has 0 aliphatic heterocycles. The van der Waals surface area contributed by atoms with Gasteiger partial charge in [0, 0.05) is 0 Å². The molecule has 1 N–H and O–H groups in total. The fourth-order valence-electron chi connectivity index (χ4n) is 1.67.